The molecule has 6 heterocycles. The monoisotopic (exact) mass is 756 g/mol. The first-order chi connectivity index (χ1) is 27.1. The number of benzene rings is 2. The fraction of sp³-hybridized carbons (Fsp3) is 0.135. The van der Waals surface area contributed by atoms with Crippen LogP contribution in [0.4, 0.5) is 20.7 Å². The first kappa shape index (κ1) is 36.6. The molecule has 0 aliphatic carbocycles. The first-order valence-electron chi connectivity index (χ1n) is 16.9. The van der Waals surface area contributed by atoms with Crippen LogP contribution in [0.5, 0.6) is 5.75 Å². The van der Waals surface area contributed by atoms with Gasteiger partial charge in [-0.25, -0.2) is 48.7 Å². The number of nitrogens with one attached hydrogen (secondary N) is 4. The van der Waals surface area contributed by atoms with E-state index < -0.39 is 5.82 Å². The molecule has 0 radical (unpaired) electrons. The molecular weight excluding hydrogens is 726 g/mol. The summed E-state index contributed by atoms with van der Waals surface area (Å²) in [5, 5.41) is 18.3. The minimum atomic E-state index is -0.473. The maximum Gasteiger partial charge on any atom is 0.230 e. The van der Waals surface area contributed by atoms with Crippen molar-refractivity contribution < 1.29 is 23.1 Å². The number of ether oxygens (including phenoxy) is 1. The van der Waals surface area contributed by atoms with Crippen LogP contribution in [-0.2, 0) is 9.59 Å². The van der Waals surface area contributed by atoms with E-state index >= 15 is 0 Å². The van der Waals surface area contributed by atoms with Crippen molar-refractivity contribution in [3.63, 3.8) is 0 Å². The number of rotatable bonds is 8. The number of carbonyl (C=O) groups is 2. The highest BCUT2D eigenvalue weighted by Crippen LogP contribution is 2.30. The van der Waals surface area contributed by atoms with E-state index in [2.05, 4.69) is 70.9 Å². The quantitative estimate of drug-likeness (QED) is 0.143. The SMILES string of the molecule is CC(=O)Nc1nc(-c2ncn[nH]2)c2nc(-c3ccc(F)c(C)c3)ccc2n1.CCOc1ccc(-c2ccc3nc(NC(C)=O)nc(-c4ncn[nH]4)c3n2)cc1F. The minimum Gasteiger partial charge on any atom is -0.491 e. The van der Waals surface area contributed by atoms with E-state index in [1.165, 1.54) is 38.6 Å². The van der Waals surface area contributed by atoms with Gasteiger partial charge in [-0.2, -0.15) is 10.2 Å². The number of amides is 2. The van der Waals surface area contributed by atoms with Gasteiger partial charge in [0.1, 0.15) is 40.9 Å². The Morgan fingerprint density at radius 1 is 0.661 bits per heavy atom. The van der Waals surface area contributed by atoms with Crippen molar-refractivity contribution >= 4 is 45.8 Å². The van der Waals surface area contributed by atoms with Crippen LogP contribution in [-0.4, -0.2) is 78.7 Å². The molecule has 0 atom stereocenters. The Bertz CT molecular complexity index is 2730. The van der Waals surface area contributed by atoms with Gasteiger partial charge in [0.15, 0.2) is 23.2 Å². The molecular formula is C37H30F2N14O3. The van der Waals surface area contributed by atoms with Gasteiger partial charge in [-0.05, 0) is 80.1 Å². The van der Waals surface area contributed by atoms with Crippen LogP contribution in [0.15, 0.2) is 73.3 Å². The molecule has 56 heavy (non-hydrogen) atoms. The lowest BCUT2D eigenvalue weighted by atomic mass is 10.1. The molecule has 0 aliphatic rings. The second-order valence-corrected chi connectivity index (χ2v) is 12.0. The second kappa shape index (κ2) is 15.7. The molecule has 8 rings (SSSR count). The van der Waals surface area contributed by atoms with Crippen LogP contribution in [0.1, 0.15) is 26.3 Å². The fourth-order valence-corrected chi connectivity index (χ4v) is 5.48. The Labute approximate surface area is 315 Å². The predicted octanol–water partition coefficient (Wildman–Crippen LogP) is 5.86. The number of carbonyl (C=O) groups excluding carboxylic acids is 2. The standard InChI is InChI=1S/C19H16FN7O2.C18H14FN7O/c1-3-29-15-7-4-11(8-12(15)20)13-5-6-14-16(24-13)17(18-21-9-22-27-18)26-19(25-14)23-10(2)28;1-9-7-11(3-4-12(9)19)13-5-6-14-15(23-13)16(17-20-8-21-26-17)25-18(24-14)22-10(2)27/h4-9H,3H2,1-2H3,(H,21,22,27)(H,23,25,26,28);3-8H,1-2H3,(H,20,21,26)(H,22,24,25,27). The topological polar surface area (TPSA) is 228 Å². The summed E-state index contributed by atoms with van der Waals surface area (Å²) in [6.07, 6.45) is 2.70. The van der Waals surface area contributed by atoms with Crippen molar-refractivity contribution in [2.75, 3.05) is 17.2 Å². The van der Waals surface area contributed by atoms with Gasteiger partial charge in [0, 0.05) is 25.0 Å². The van der Waals surface area contributed by atoms with Crippen LogP contribution in [0.25, 0.3) is 67.6 Å². The molecule has 4 N–H and O–H groups in total. The zero-order chi connectivity index (χ0) is 39.3. The molecule has 2 aromatic carbocycles. The van der Waals surface area contributed by atoms with Crippen molar-refractivity contribution in [1.29, 1.82) is 0 Å². The number of H-pyrrole nitrogens is 2. The van der Waals surface area contributed by atoms with E-state index in [9.17, 15) is 18.4 Å². The summed E-state index contributed by atoms with van der Waals surface area (Å²) in [7, 11) is 0. The van der Waals surface area contributed by atoms with Gasteiger partial charge >= 0.3 is 0 Å². The summed E-state index contributed by atoms with van der Waals surface area (Å²) < 4.78 is 33.1. The molecule has 0 spiro atoms. The third-order valence-electron chi connectivity index (χ3n) is 7.92. The summed E-state index contributed by atoms with van der Waals surface area (Å²) in [6, 6.07) is 16.4. The van der Waals surface area contributed by atoms with Crippen molar-refractivity contribution in [1.82, 2.24) is 60.3 Å². The number of aryl methyl sites for hydroxylation is 1. The number of anilines is 2. The maximum atomic E-state index is 14.3. The van der Waals surface area contributed by atoms with E-state index in [1.54, 1.807) is 62.4 Å². The molecule has 0 unspecified atom stereocenters. The number of nitrogens with zero attached hydrogens (tertiary/aromatic N) is 10. The van der Waals surface area contributed by atoms with Gasteiger partial charge in [-0.15, -0.1) is 0 Å². The third-order valence-corrected chi connectivity index (χ3v) is 7.92. The minimum absolute atomic E-state index is 0.123. The van der Waals surface area contributed by atoms with Gasteiger partial charge in [-0.3, -0.25) is 30.4 Å². The molecule has 19 heteroatoms. The number of halogens is 2. The van der Waals surface area contributed by atoms with Crippen molar-refractivity contribution in [2.45, 2.75) is 27.7 Å². The van der Waals surface area contributed by atoms with E-state index in [1.807, 2.05) is 0 Å². The molecule has 0 saturated carbocycles. The zero-order valence-corrected chi connectivity index (χ0v) is 30.1. The van der Waals surface area contributed by atoms with E-state index in [0.29, 0.717) is 74.2 Å². The van der Waals surface area contributed by atoms with Crippen molar-refractivity contribution in [3.05, 3.63) is 90.5 Å². The lowest BCUT2D eigenvalue weighted by molar-refractivity contribution is -0.115. The largest absolute Gasteiger partial charge is 0.491 e. The molecule has 2 amide bonds. The van der Waals surface area contributed by atoms with Gasteiger partial charge in [0.2, 0.25) is 23.7 Å². The van der Waals surface area contributed by atoms with Gasteiger partial charge in [-0.1, -0.05) is 0 Å². The molecule has 8 aromatic rings. The number of fused-ring (bicyclic) bond motifs is 2. The van der Waals surface area contributed by atoms with Crippen molar-refractivity contribution in [2.24, 2.45) is 0 Å². The number of hydrogen-bond donors (Lipinski definition) is 4. The lowest BCUT2D eigenvalue weighted by Crippen LogP contribution is -2.10. The highest BCUT2D eigenvalue weighted by Gasteiger charge is 2.18. The highest BCUT2D eigenvalue weighted by molar-refractivity contribution is 5.94. The Morgan fingerprint density at radius 3 is 1.62 bits per heavy atom. The number of aromatic nitrogens is 12. The van der Waals surface area contributed by atoms with Crippen molar-refractivity contribution in [3.8, 4) is 51.3 Å². The summed E-state index contributed by atoms with van der Waals surface area (Å²) >= 11 is 0. The van der Waals surface area contributed by atoms with Crippen LogP contribution in [0, 0.1) is 18.6 Å². The summed E-state index contributed by atoms with van der Waals surface area (Å²) in [6.45, 7) is 6.60. The van der Waals surface area contributed by atoms with Crippen LogP contribution >= 0.6 is 0 Å². The van der Waals surface area contributed by atoms with E-state index in [4.69, 9.17) is 4.74 Å². The third kappa shape index (κ3) is 7.95. The Balaban J connectivity index is 0.000000172. The predicted molar refractivity (Wildman–Crippen MR) is 201 cm³/mol. The van der Waals surface area contributed by atoms with E-state index in [0.717, 1.165) is 5.56 Å². The first-order valence-corrected chi connectivity index (χ1v) is 16.9. The zero-order valence-electron chi connectivity index (χ0n) is 30.1. The van der Waals surface area contributed by atoms with Crippen LogP contribution in [0.3, 0.4) is 0 Å². The molecule has 0 bridgehead atoms. The number of hydrogen-bond acceptors (Lipinski definition) is 13. The van der Waals surface area contributed by atoms with E-state index in [-0.39, 0.29) is 35.3 Å². The molecule has 17 nitrogen and oxygen atoms in total. The Kier molecular flexibility index (Phi) is 10.3. The summed E-state index contributed by atoms with van der Waals surface area (Å²) in [5.41, 5.74) is 5.75. The van der Waals surface area contributed by atoms with Gasteiger partial charge < -0.3 is 4.74 Å². The lowest BCUT2D eigenvalue weighted by Gasteiger charge is -2.09. The molecule has 0 aliphatic heterocycles. The summed E-state index contributed by atoms with van der Waals surface area (Å²) in [4.78, 5) is 57.6. The van der Waals surface area contributed by atoms with Gasteiger partial charge in [0.05, 0.1) is 29.0 Å². The summed E-state index contributed by atoms with van der Waals surface area (Å²) in [5.74, 6) is -0.120. The Hall–Kier alpha value is -7.70. The molecule has 0 fully saturated rings. The van der Waals surface area contributed by atoms with Gasteiger partial charge in [0.25, 0.3) is 0 Å². The molecule has 6 aromatic heterocycles. The number of aromatic amines is 2. The Morgan fingerprint density at radius 2 is 1.18 bits per heavy atom. The maximum absolute atomic E-state index is 14.3. The average molecular weight is 757 g/mol. The smallest absolute Gasteiger partial charge is 0.230 e. The molecule has 280 valence electrons. The van der Waals surface area contributed by atoms with Crippen LogP contribution < -0.4 is 15.4 Å². The highest BCUT2D eigenvalue weighted by atomic mass is 19.1. The van der Waals surface area contributed by atoms with Crippen LogP contribution in [0.2, 0.25) is 0 Å². The molecule has 0 saturated heterocycles. The normalized spacial score (nSPS) is 10.9. The fourth-order valence-electron chi connectivity index (χ4n) is 5.48. The number of pyridine rings is 2. The average Bonchev–Trinajstić information content (AvgIpc) is 3.92. The second-order valence-electron chi connectivity index (χ2n) is 12.0.